The number of aliphatic carboxylic acids is 1. The Hall–Kier alpha value is -0.860. The van der Waals surface area contributed by atoms with E-state index < -0.39 is 5.97 Å². The zero-order valence-corrected chi connectivity index (χ0v) is 9.45. The average molecular weight is 202 g/mol. The zero-order chi connectivity index (χ0) is 11.4. The van der Waals surface area contributed by atoms with E-state index >= 15 is 0 Å². The van der Waals surface area contributed by atoms with Crippen LogP contribution in [-0.4, -0.2) is 17.4 Å². The van der Waals surface area contributed by atoms with Gasteiger partial charge in [0.15, 0.2) is 0 Å². The fourth-order valence-electron chi connectivity index (χ4n) is 1.46. The molecular formula is C11H22O3. The summed E-state index contributed by atoms with van der Waals surface area (Å²) in [7, 11) is 0. The van der Waals surface area contributed by atoms with E-state index in [0.29, 0.717) is 12.3 Å². The lowest BCUT2D eigenvalue weighted by molar-refractivity contribution is -0.138. The minimum Gasteiger partial charge on any atom is -0.481 e. The lowest BCUT2D eigenvalue weighted by atomic mass is 10.1. The number of carboxylic acids is 1. The van der Waals surface area contributed by atoms with Crippen molar-refractivity contribution in [2.45, 2.75) is 52.9 Å². The summed E-state index contributed by atoms with van der Waals surface area (Å²) in [6, 6.07) is 0. The lowest BCUT2D eigenvalue weighted by Crippen LogP contribution is -2.02. The van der Waals surface area contributed by atoms with Crippen molar-refractivity contribution >= 4 is 12.3 Å². The number of hydrogen-bond donors (Lipinski definition) is 1. The van der Waals surface area contributed by atoms with E-state index in [1.54, 1.807) is 0 Å². The largest absolute Gasteiger partial charge is 0.481 e. The summed E-state index contributed by atoms with van der Waals surface area (Å²) in [5, 5.41) is 8.37. The smallest absolute Gasteiger partial charge is 0.303 e. The third-order valence-electron chi connectivity index (χ3n) is 1.94. The third-order valence-corrected chi connectivity index (χ3v) is 1.94. The molecule has 0 atom stereocenters. The van der Waals surface area contributed by atoms with Crippen molar-refractivity contribution in [3.8, 4) is 0 Å². The van der Waals surface area contributed by atoms with Crippen LogP contribution in [0, 0.1) is 5.92 Å². The second kappa shape index (κ2) is 12.1. The summed E-state index contributed by atoms with van der Waals surface area (Å²) in [6.45, 7) is 5.44. The van der Waals surface area contributed by atoms with Gasteiger partial charge in [0, 0.05) is 6.42 Å². The van der Waals surface area contributed by atoms with Gasteiger partial charge in [-0.2, -0.15) is 0 Å². The zero-order valence-electron chi connectivity index (χ0n) is 9.45. The van der Waals surface area contributed by atoms with Gasteiger partial charge in [-0.25, -0.2) is 0 Å². The van der Waals surface area contributed by atoms with Crippen LogP contribution in [0.1, 0.15) is 52.9 Å². The lowest BCUT2D eigenvalue weighted by Gasteiger charge is -2.01. The Balaban J connectivity index is 0. The maximum Gasteiger partial charge on any atom is 0.303 e. The maximum atomic E-state index is 10.2. The van der Waals surface area contributed by atoms with Crippen molar-refractivity contribution in [2.24, 2.45) is 5.92 Å². The number of carboxylic acid groups (broad SMARTS) is 1. The highest BCUT2D eigenvalue weighted by Crippen LogP contribution is 2.27. The van der Waals surface area contributed by atoms with Gasteiger partial charge in [0.05, 0.1) is 0 Å². The van der Waals surface area contributed by atoms with Crippen LogP contribution in [0.25, 0.3) is 0 Å². The van der Waals surface area contributed by atoms with Gasteiger partial charge in [0.1, 0.15) is 6.29 Å². The van der Waals surface area contributed by atoms with Gasteiger partial charge in [-0.05, 0) is 25.7 Å². The summed E-state index contributed by atoms with van der Waals surface area (Å²) in [6.07, 6.45) is 5.87. The molecule has 1 N–H and O–H groups in total. The van der Waals surface area contributed by atoms with E-state index in [4.69, 9.17) is 9.90 Å². The summed E-state index contributed by atoms with van der Waals surface area (Å²) in [5.74, 6) is -0.149. The molecule has 0 aromatic rings. The Kier molecular flexibility index (Phi) is 13.5. The topological polar surface area (TPSA) is 54.4 Å². The molecule has 0 saturated heterocycles. The number of rotatable bonds is 2. The quantitative estimate of drug-likeness (QED) is 0.700. The molecule has 1 saturated carbocycles. The number of hydrogen-bond acceptors (Lipinski definition) is 2. The van der Waals surface area contributed by atoms with Crippen LogP contribution in [0.3, 0.4) is 0 Å². The van der Waals surface area contributed by atoms with Gasteiger partial charge in [0.25, 0.3) is 0 Å². The third kappa shape index (κ3) is 11.1. The monoisotopic (exact) mass is 202 g/mol. The van der Waals surface area contributed by atoms with Crippen molar-refractivity contribution in [1.29, 1.82) is 0 Å². The molecule has 1 aliphatic rings. The normalized spacial score (nSPS) is 14.5. The van der Waals surface area contributed by atoms with Crippen molar-refractivity contribution in [3.63, 3.8) is 0 Å². The highest BCUT2D eigenvalue weighted by Gasteiger charge is 2.17. The Bertz CT molecular complexity index is 137. The van der Waals surface area contributed by atoms with E-state index in [-0.39, 0.29) is 0 Å². The van der Waals surface area contributed by atoms with Crippen LogP contribution in [0.4, 0.5) is 0 Å². The van der Waals surface area contributed by atoms with Crippen LogP contribution < -0.4 is 0 Å². The molecule has 3 heteroatoms. The van der Waals surface area contributed by atoms with Crippen molar-refractivity contribution in [3.05, 3.63) is 0 Å². The summed E-state index contributed by atoms with van der Waals surface area (Å²) >= 11 is 0. The van der Waals surface area contributed by atoms with Gasteiger partial charge in [-0.1, -0.05) is 26.7 Å². The Morgan fingerprint density at radius 1 is 1.36 bits per heavy atom. The van der Waals surface area contributed by atoms with Gasteiger partial charge >= 0.3 is 5.97 Å². The molecular weight excluding hydrogens is 180 g/mol. The van der Waals surface area contributed by atoms with E-state index in [2.05, 4.69) is 0 Å². The Morgan fingerprint density at radius 3 is 2.00 bits per heavy atom. The molecule has 0 spiro atoms. The molecule has 14 heavy (non-hydrogen) atoms. The fourth-order valence-corrected chi connectivity index (χ4v) is 1.46. The van der Waals surface area contributed by atoms with Gasteiger partial charge < -0.3 is 9.90 Å². The molecule has 0 amide bonds. The first-order valence-corrected chi connectivity index (χ1v) is 5.32. The number of carbonyl (C=O) groups excluding carboxylic acids is 1. The Morgan fingerprint density at radius 2 is 1.71 bits per heavy atom. The molecule has 3 nitrogen and oxygen atoms in total. The predicted molar refractivity (Wildman–Crippen MR) is 57.3 cm³/mol. The molecule has 0 aromatic carbocycles. The number of carbonyl (C=O) groups is 2. The summed E-state index contributed by atoms with van der Waals surface area (Å²) < 4.78 is 0. The van der Waals surface area contributed by atoms with Crippen molar-refractivity contribution in [1.82, 2.24) is 0 Å². The SMILES string of the molecule is CC.CC=O.O=C(O)CC1CCCC1. The van der Waals surface area contributed by atoms with E-state index in [9.17, 15) is 4.79 Å². The van der Waals surface area contributed by atoms with Crippen LogP contribution in [-0.2, 0) is 9.59 Å². The average Bonchev–Trinajstić information content (AvgIpc) is 2.61. The first-order valence-electron chi connectivity index (χ1n) is 5.32. The van der Waals surface area contributed by atoms with Crippen LogP contribution >= 0.6 is 0 Å². The fraction of sp³-hybridized carbons (Fsp3) is 0.818. The summed E-state index contributed by atoms with van der Waals surface area (Å²) in [5.41, 5.74) is 0. The van der Waals surface area contributed by atoms with E-state index in [1.165, 1.54) is 19.8 Å². The molecule has 1 aliphatic carbocycles. The molecule has 0 aromatic heterocycles. The van der Waals surface area contributed by atoms with Crippen molar-refractivity contribution in [2.75, 3.05) is 0 Å². The molecule has 0 bridgehead atoms. The minimum atomic E-state index is -0.637. The van der Waals surface area contributed by atoms with Crippen LogP contribution in [0.2, 0.25) is 0 Å². The standard InChI is InChI=1S/C7H12O2.C2H4O.C2H6/c8-7(9)5-6-3-1-2-4-6;1-2-3;1-2/h6H,1-5H2,(H,8,9);2H,1H3;1-2H3. The molecule has 0 unspecified atom stereocenters. The van der Waals surface area contributed by atoms with Crippen molar-refractivity contribution < 1.29 is 14.7 Å². The Labute approximate surface area is 86.5 Å². The first-order chi connectivity index (χ1) is 6.70. The molecule has 0 radical (unpaired) electrons. The highest BCUT2D eigenvalue weighted by molar-refractivity contribution is 5.67. The second-order valence-corrected chi connectivity index (χ2v) is 2.98. The van der Waals surface area contributed by atoms with E-state index in [1.807, 2.05) is 13.8 Å². The highest BCUT2D eigenvalue weighted by atomic mass is 16.4. The number of aldehydes is 1. The molecule has 0 aliphatic heterocycles. The molecule has 1 fully saturated rings. The molecule has 1 rings (SSSR count). The van der Waals surface area contributed by atoms with Gasteiger partial charge in [0.2, 0.25) is 0 Å². The molecule has 84 valence electrons. The minimum absolute atomic E-state index is 0.389. The van der Waals surface area contributed by atoms with Gasteiger partial charge in [-0.15, -0.1) is 0 Å². The van der Waals surface area contributed by atoms with Crippen LogP contribution in [0.15, 0.2) is 0 Å². The second-order valence-electron chi connectivity index (χ2n) is 2.98. The maximum absolute atomic E-state index is 10.2. The summed E-state index contributed by atoms with van der Waals surface area (Å²) in [4.78, 5) is 19.0. The molecule has 0 heterocycles. The van der Waals surface area contributed by atoms with Crippen LogP contribution in [0.5, 0.6) is 0 Å². The first kappa shape index (κ1) is 15.6. The predicted octanol–water partition coefficient (Wildman–Crippen LogP) is 2.88. The van der Waals surface area contributed by atoms with E-state index in [0.717, 1.165) is 19.1 Å². The van der Waals surface area contributed by atoms with Gasteiger partial charge in [-0.3, -0.25) is 4.79 Å².